The average Bonchev–Trinajstić information content (AvgIpc) is 3.00. The summed E-state index contributed by atoms with van der Waals surface area (Å²) < 4.78 is 26.7. The second-order valence-corrected chi connectivity index (χ2v) is 8.25. The Labute approximate surface area is 131 Å². The third kappa shape index (κ3) is 3.98. The van der Waals surface area contributed by atoms with E-state index in [2.05, 4.69) is 4.72 Å². The lowest BCUT2D eigenvalue weighted by Gasteiger charge is -2.34. The van der Waals surface area contributed by atoms with Crippen LogP contribution in [0, 0.1) is 5.92 Å². The van der Waals surface area contributed by atoms with Gasteiger partial charge in [-0.3, -0.25) is 9.59 Å². The molecule has 1 aliphatic heterocycles. The Morgan fingerprint density at radius 3 is 2.41 bits per heavy atom. The number of carboxylic acids is 1. The maximum Gasteiger partial charge on any atom is 0.321 e. The molecule has 2 fully saturated rings. The molecular weight excluding hydrogens is 308 g/mol. The van der Waals surface area contributed by atoms with Crippen LogP contribution < -0.4 is 4.72 Å². The Hall–Kier alpha value is -1.15. The number of hydrogen-bond donors (Lipinski definition) is 2. The lowest BCUT2D eigenvalue weighted by atomic mass is 10.0. The summed E-state index contributed by atoms with van der Waals surface area (Å²) in [5.41, 5.74) is 0. The van der Waals surface area contributed by atoms with Crippen LogP contribution in [0.3, 0.4) is 0 Å². The molecule has 8 heteroatoms. The number of carbonyl (C=O) groups excluding carboxylic acids is 1. The molecule has 1 aliphatic carbocycles. The summed E-state index contributed by atoms with van der Waals surface area (Å²) in [6.45, 7) is 2.05. The van der Waals surface area contributed by atoms with Crippen LogP contribution in [-0.4, -0.2) is 54.7 Å². The van der Waals surface area contributed by atoms with E-state index in [4.69, 9.17) is 5.11 Å². The molecule has 2 aliphatic rings. The number of aliphatic carboxylic acids is 1. The number of nitrogens with one attached hydrogen (secondary N) is 1. The average molecular weight is 332 g/mol. The van der Waals surface area contributed by atoms with Crippen LogP contribution in [-0.2, 0) is 19.6 Å². The molecule has 22 heavy (non-hydrogen) atoms. The normalized spacial score (nSPS) is 25.1. The summed E-state index contributed by atoms with van der Waals surface area (Å²) in [6, 6.07) is -1.16. The highest BCUT2D eigenvalue weighted by atomic mass is 32.2. The van der Waals surface area contributed by atoms with Crippen LogP contribution in [0.5, 0.6) is 0 Å². The van der Waals surface area contributed by atoms with Gasteiger partial charge < -0.3 is 10.0 Å². The molecule has 1 saturated carbocycles. The molecule has 0 spiro atoms. The number of rotatable bonds is 5. The molecule has 1 unspecified atom stereocenters. The first kappa shape index (κ1) is 17.2. The van der Waals surface area contributed by atoms with E-state index >= 15 is 0 Å². The van der Waals surface area contributed by atoms with Gasteiger partial charge in [-0.2, -0.15) is 0 Å². The fraction of sp³-hybridized carbons (Fsp3) is 0.857. The molecular formula is C14H24N2O5S. The summed E-state index contributed by atoms with van der Waals surface area (Å²) in [7, 11) is -3.74. The van der Waals surface area contributed by atoms with Crippen LogP contribution in [0.15, 0.2) is 0 Å². The van der Waals surface area contributed by atoms with Crippen LogP contribution in [0.1, 0.15) is 45.4 Å². The number of nitrogens with zero attached hydrogens (tertiary/aromatic N) is 1. The number of amides is 1. The number of hydrogen-bond acceptors (Lipinski definition) is 4. The molecule has 1 amide bonds. The van der Waals surface area contributed by atoms with E-state index in [0.29, 0.717) is 19.4 Å². The van der Waals surface area contributed by atoms with Gasteiger partial charge in [-0.05, 0) is 32.6 Å². The van der Waals surface area contributed by atoms with Crippen LogP contribution >= 0.6 is 0 Å². The van der Waals surface area contributed by atoms with Crippen LogP contribution in [0.25, 0.3) is 0 Å². The highest BCUT2D eigenvalue weighted by molar-refractivity contribution is 7.90. The summed E-state index contributed by atoms with van der Waals surface area (Å²) in [4.78, 5) is 24.9. The molecule has 7 nitrogen and oxygen atoms in total. The van der Waals surface area contributed by atoms with Gasteiger partial charge >= 0.3 is 5.97 Å². The van der Waals surface area contributed by atoms with Crippen molar-refractivity contribution in [2.45, 2.75) is 56.7 Å². The van der Waals surface area contributed by atoms with Gasteiger partial charge in [-0.1, -0.05) is 12.8 Å². The molecule has 0 radical (unpaired) electrons. The van der Waals surface area contributed by atoms with Crippen LogP contribution in [0.2, 0.25) is 0 Å². The minimum atomic E-state index is -3.74. The third-order valence-corrected chi connectivity index (χ3v) is 6.49. The van der Waals surface area contributed by atoms with Gasteiger partial charge in [0.05, 0.1) is 5.25 Å². The molecule has 1 saturated heterocycles. The van der Waals surface area contributed by atoms with Crippen molar-refractivity contribution in [2.24, 2.45) is 5.92 Å². The Kier molecular flexibility index (Phi) is 5.44. The first-order valence-corrected chi connectivity index (χ1v) is 9.38. The number of piperidine rings is 1. The minimum absolute atomic E-state index is 0.0346. The number of carboxylic acid groups (broad SMARTS) is 1. The van der Waals surface area contributed by atoms with Gasteiger partial charge in [0.15, 0.2) is 0 Å². The van der Waals surface area contributed by atoms with Crippen molar-refractivity contribution in [3.05, 3.63) is 0 Å². The topological polar surface area (TPSA) is 104 Å². The smallest absolute Gasteiger partial charge is 0.321 e. The van der Waals surface area contributed by atoms with Crippen molar-refractivity contribution in [1.29, 1.82) is 0 Å². The summed E-state index contributed by atoms with van der Waals surface area (Å²) >= 11 is 0. The van der Waals surface area contributed by atoms with Crippen molar-refractivity contribution in [3.63, 3.8) is 0 Å². The first-order chi connectivity index (χ1) is 10.3. The van der Waals surface area contributed by atoms with E-state index in [-0.39, 0.29) is 18.4 Å². The van der Waals surface area contributed by atoms with E-state index < -0.39 is 27.3 Å². The molecule has 2 N–H and O–H groups in total. The van der Waals surface area contributed by atoms with E-state index in [1.54, 1.807) is 4.90 Å². The predicted molar refractivity (Wildman–Crippen MR) is 80.7 cm³/mol. The van der Waals surface area contributed by atoms with Crippen molar-refractivity contribution in [2.75, 3.05) is 13.1 Å². The number of sulfonamides is 1. The molecule has 126 valence electrons. The lowest BCUT2D eigenvalue weighted by Crippen LogP contribution is -2.51. The zero-order valence-corrected chi connectivity index (χ0v) is 13.6. The van der Waals surface area contributed by atoms with E-state index in [1.807, 2.05) is 0 Å². The molecule has 0 aromatic rings. The third-order valence-electron chi connectivity index (χ3n) is 4.54. The quantitative estimate of drug-likeness (QED) is 0.765. The van der Waals surface area contributed by atoms with Crippen molar-refractivity contribution in [3.8, 4) is 0 Å². The van der Waals surface area contributed by atoms with E-state index in [9.17, 15) is 18.0 Å². The second-order valence-electron chi connectivity index (χ2n) is 6.25. The van der Waals surface area contributed by atoms with Gasteiger partial charge in [0.2, 0.25) is 15.9 Å². The van der Waals surface area contributed by atoms with E-state index in [0.717, 1.165) is 25.7 Å². The van der Waals surface area contributed by atoms with Gasteiger partial charge in [-0.25, -0.2) is 13.1 Å². The highest BCUT2D eigenvalue weighted by Crippen LogP contribution is 2.28. The molecule has 2 atom stereocenters. The molecule has 0 aromatic carbocycles. The van der Waals surface area contributed by atoms with E-state index in [1.165, 1.54) is 6.92 Å². The molecule has 1 heterocycles. The van der Waals surface area contributed by atoms with Crippen molar-refractivity contribution in [1.82, 2.24) is 9.62 Å². The Balaban J connectivity index is 2.00. The monoisotopic (exact) mass is 332 g/mol. The SMILES string of the molecule is C[C@@H](NS(=O)(=O)C1CCCN(C(=O)C2CCCC2)C1)C(=O)O. The summed E-state index contributed by atoms with van der Waals surface area (Å²) in [5.74, 6) is -1.12. The number of carbonyl (C=O) groups is 2. The zero-order chi connectivity index (χ0) is 16.3. The fourth-order valence-corrected chi connectivity index (χ4v) is 4.85. The first-order valence-electron chi connectivity index (χ1n) is 7.84. The Bertz CT molecular complexity index is 527. The fourth-order valence-electron chi connectivity index (χ4n) is 3.22. The predicted octanol–water partition coefficient (Wildman–Crippen LogP) is 0.560. The second kappa shape index (κ2) is 6.95. The number of likely N-dealkylation sites (tertiary alicyclic amines) is 1. The Morgan fingerprint density at radius 1 is 1.18 bits per heavy atom. The maximum atomic E-state index is 12.4. The van der Waals surface area contributed by atoms with Crippen molar-refractivity contribution >= 4 is 21.9 Å². The molecule has 2 rings (SSSR count). The maximum absolute atomic E-state index is 12.4. The Morgan fingerprint density at radius 2 is 1.82 bits per heavy atom. The van der Waals surface area contributed by atoms with Gasteiger partial charge in [0.1, 0.15) is 6.04 Å². The van der Waals surface area contributed by atoms with Crippen LogP contribution in [0.4, 0.5) is 0 Å². The lowest BCUT2D eigenvalue weighted by molar-refractivity contribution is -0.138. The van der Waals surface area contributed by atoms with Crippen molar-refractivity contribution < 1.29 is 23.1 Å². The largest absolute Gasteiger partial charge is 0.480 e. The van der Waals surface area contributed by atoms with Gasteiger partial charge in [0.25, 0.3) is 0 Å². The minimum Gasteiger partial charge on any atom is -0.480 e. The van der Waals surface area contributed by atoms with Gasteiger partial charge in [-0.15, -0.1) is 0 Å². The standard InChI is InChI=1S/C14H24N2O5S/c1-10(14(18)19)15-22(20,21)12-7-4-8-16(9-12)13(17)11-5-2-3-6-11/h10-12,15H,2-9H2,1H3,(H,18,19)/t10-,12?/m1/s1. The molecule has 0 aromatic heterocycles. The van der Waals surface area contributed by atoms with Gasteiger partial charge in [0, 0.05) is 19.0 Å². The highest BCUT2D eigenvalue weighted by Gasteiger charge is 2.36. The summed E-state index contributed by atoms with van der Waals surface area (Å²) in [6.07, 6.45) is 4.98. The summed E-state index contributed by atoms with van der Waals surface area (Å²) in [5, 5.41) is 8.11. The zero-order valence-electron chi connectivity index (χ0n) is 12.8. The molecule has 0 bridgehead atoms.